The van der Waals surface area contributed by atoms with E-state index in [1.54, 1.807) is 0 Å². The highest BCUT2D eigenvalue weighted by Crippen LogP contribution is 2.39. The number of para-hydroxylation sites is 2. The summed E-state index contributed by atoms with van der Waals surface area (Å²) in [6.07, 6.45) is 1.91. The van der Waals surface area contributed by atoms with E-state index in [1.165, 1.54) is 82.8 Å². The average molecular weight is 728 g/mol. The Kier molecular flexibility index (Phi) is 7.61. The van der Waals surface area contributed by atoms with Gasteiger partial charge in [0.1, 0.15) is 0 Å². The van der Waals surface area contributed by atoms with Crippen LogP contribution in [0.5, 0.6) is 0 Å². The van der Waals surface area contributed by atoms with Crippen molar-refractivity contribution in [1.29, 1.82) is 0 Å². The minimum atomic E-state index is 0.870. The van der Waals surface area contributed by atoms with Gasteiger partial charge in [0.15, 0.2) is 0 Å². The van der Waals surface area contributed by atoms with Crippen LogP contribution in [-0.2, 0) is 0 Å². The lowest BCUT2D eigenvalue weighted by molar-refractivity contribution is 1.18. The van der Waals surface area contributed by atoms with Crippen LogP contribution in [0.25, 0.3) is 105 Å². The summed E-state index contributed by atoms with van der Waals surface area (Å²) >= 11 is 0. The van der Waals surface area contributed by atoms with Crippen LogP contribution in [0.15, 0.2) is 188 Å². The van der Waals surface area contributed by atoms with Gasteiger partial charge in [-0.2, -0.15) is 0 Å². The van der Waals surface area contributed by atoms with Crippen molar-refractivity contribution in [2.45, 2.75) is 13.8 Å². The fourth-order valence-electron chi connectivity index (χ4n) is 8.89. The predicted octanol–water partition coefficient (Wildman–Crippen LogP) is 14.3. The molecule has 0 aliphatic heterocycles. The molecule has 0 unspecified atom stereocenters. The second kappa shape index (κ2) is 13.1. The highest BCUT2D eigenvalue weighted by atomic mass is 15.0. The first-order valence-corrected chi connectivity index (χ1v) is 19.6. The van der Waals surface area contributed by atoms with Crippen LogP contribution < -0.4 is 0 Å². The zero-order chi connectivity index (χ0) is 38.0. The van der Waals surface area contributed by atoms with Gasteiger partial charge in [-0.3, -0.25) is 4.98 Å². The third-order valence-corrected chi connectivity index (χ3v) is 11.7. The number of rotatable bonds is 5. The van der Waals surface area contributed by atoms with Crippen molar-refractivity contribution in [3.63, 3.8) is 0 Å². The molecule has 0 spiro atoms. The van der Waals surface area contributed by atoms with Crippen LogP contribution in [0, 0.1) is 13.8 Å². The highest BCUT2D eigenvalue weighted by Gasteiger charge is 2.16. The minimum absolute atomic E-state index is 0.870. The molecule has 9 aromatic carbocycles. The Morgan fingerprint density at radius 3 is 1.63 bits per heavy atom. The Hall–Kier alpha value is -7.36. The normalized spacial score (nSPS) is 11.7. The molecule has 0 radical (unpaired) electrons. The summed E-state index contributed by atoms with van der Waals surface area (Å²) in [4.78, 5) is 10.2. The molecule has 2 aromatic heterocycles. The van der Waals surface area contributed by atoms with Crippen LogP contribution in [-0.4, -0.2) is 14.5 Å². The van der Waals surface area contributed by atoms with Gasteiger partial charge in [0.2, 0.25) is 0 Å². The molecule has 0 saturated carbocycles. The van der Waals surface area contributed by atoms with Crippen molar-refractivity contribution in [2.24, 2.45) is 0 Å². The molecule has 0 N–H and O–H groups in total. The number of hydrogen-bond donors (Lipinski definition) is 0. The molecular weight excluding hydrogens is 691 g/mol. The van der Waals surface area contributed by atoms with E-state index in [4.69, 9.17) is 9.97 Å². The van der Waals surface area contributed by atoms with Gasteiger partial charge in [0.25, 0.3) is 0 Å². The van der Waals surface area contributed by atoms with Crippen LogP contribution in [0.1, 0.15) is 11.1 Å². The Labute approximate surface area is 331 Å². The van der Waals surface area contributed by atoms with Gasteiger partial charge in [-0.1, -0.05) is 152 Å². The maximum absolute atomic E-state index is 5.21. The van der Waals surface area contributed by atoms with Gasteiger partial charge < -0.3 is 4.57 Å². The summed E-state index contributed by atoms with van der Waals surface area (Å²) in [5.74, 6) is 0. The summed E-state index contributed by atoms with van der Waals surface area (Å²) in [5, 5.41) is 7.20. The summed E-state index contributed by atoms with van der Waals surface area (Å²) < 4.78 is 2.39. The van der Waals surface area contributed by atoms with E-state index in [1.807, 2.05) is 6.20 Å². The summed E-state index contributed by atoms with van der Waals surface area (Å²) in [7, 11) is 0. The molecule has 0 amide bonds. The fraction of sp³-hybridized carbons (Fsp3) is 0.0370. The van der Waals surface area contributed by atoms with Crippen LogP contribution in [0.3, 0.4) is 0 Å². The van der Waals surface area contributed by atoms with Crippen LogP contribution in [0.2, 0.25) is 0 Å². The summed E-state index contributed by atoms with van der Waals surface area (Å²) in [6, 6.07) is 65.7. The number of nitrogens with zero attached hydrogens (tertiary/aromatic N) is 3. The van der Waals surface area contributed by atoms with E-state index < -0.39 is 0 Å². The summed E-state index contributed by atoms with van der Waals surface area (Å²) in [6.45, 7) is 4.47. The molecular formula is C54H37N3. The van der Waals surface area contributed by atoms with Gasteiger partial charge in [-0.15, -0.1) is 0 Å². The van der Waals surface area contributed by atoms with E-state index in [2.05, 4.69) is 200 Å². The summed E-state index contributed by atoms with van der Waals surface area (Å²) in [5.41, 5.74) is 17.2. The lowest BCUT2D eigenvalue weighted by atomic mass is 9.90. The molecule has 2 heterocycles. The van der Waals surface area contributed by atoms with E-state index in [0.717, 1.165) is 33.1 Å². The highest BCUT2D eigenvalue weighted by molar-refractivity contribution is 6.23. The monoisotopic (exact) mass is 727 g/mol. The van der Waals surface area contributed by atoms with E-state index in [9.17, 15) is 0 Å². The SMILES string of the molecule is Cc1cc(-c2ccc3c4ccccc4n(-c4ccccc4)c3c2)c(C)cc1-c1cccc(-c2ccc(-c3cnc4c5ccccc5c5ccccc5c4n3)cc2)c1. The minimum Gasteiger partial charge on any atom is -0.309 e. The Morgan fingerprint density at radius 2 is 0.912 bits per heavy atom. The van der Waals surface area contributed by atoms with E-state index in [0.29, 0.717) is 0 Å². The van der Waals surface area contributed by atoms with Gasteiger partial charge in [-0.25, -0.2) is 4.98 Å². The third-order valence-electron chi connectivity index (χ3n) is 11.7. The molecule has 0 atom stereocenters. The Bertz CT molecular complexity index is 3320. The molecule has 0 saturated heterocycles. The first kappa shape index (κ1) is 33.0. The standard InChI is InChI=1S/C54H37N3/c1-34-30-49(40-27-28-45-44-19-10-11-22-51(44)57(52(45)32-40)41-15-4-3-5-16-41)35(2)29-48(34)39-14-12-13-38(31-39)36-23-25-37(26-24-36)50-33-55-53-46-20-8-6-17-42(46)43-18-7-9-21-47(43)54(53)56-50/h3-33H,1-2H3. The van der Waals surface area contributed by atoms with Crippen molar-refractivity contribution in [3.05, 3.63) is 199 Å². The van der Waals surface area contributed by atoms with Gasteiger partial charge in [0, 0.05) is 32.8 Å². The van der Waals surface area contributed by atoms with Crippen molar-refractivity contribution in [1.82, 2.24) is 14.5 Å². The predicted molar refractivity (Wildman–Crippen MR) is 240 cm³/mol. The molecule has 11 rings (SSSR count). The quantitative estimate of drug-likeness (QED) is 0.165. The molecule has 0 aliphatic carbocycles. The fourth-order valence-corrected chi connectivity index (χ4v) is 8.89. The maximum atomic E-state index is 5.21. The third kappa shape index (κ3) is 5.43. The van der Waals surface area contributed by atoms with E-state index in [-0.39, 0.29) is 0 Å². The molecule has 57 heavy (non-hydrogen) atoms. The molecule has 3 heteroatoms. The van der Waals surface area contributed by atoms with Crippen molar-refractivity contribution in [3.8, 4) is 50.3 Å². The van der Waals surface area contributed by atoms with Crippen LogP contribution >= 0.6 is 0 Å². The Balaban J connectivity index is 0.928. The topological polar surface area (TPSA) is 30.7 Å². The van der Waals surface area contributed by atoms with Gasteiger partial charge in [-0.05, 0) is 99.5 Å². The second-order valence-electron chi connectivity index (χ2n) is 15.1. The number of aromatic nitrogens is 3. The molecule has 268 valence electrons. The van der Waals surface area contributed by atoms with Crippen LogP contribution in [0.4, 0.5) is 0 Å². The average Bonchev–Trinajstić information content (AvgIpc) is 3.61. The number of benzene rings is 9. The molecule has 3 nitrogen and oxygen atoms in total. The van der Waals surface area contributed by atoms with Crippen molar-refractivity contribution < 1.29 is 0 Å². The number of fused-ring (bicyclic) bond motifs is 9. The zero-order valence-corrected chi connectivity index (χ0v) is 31.7. The Morgan fingerprint density at radius 1 is 0.368 bits per heavy atom. The lowest BCUT2D eigenvalue weighted by Crippen LogP contribution is -1.94. The van der Waals surface area contributed by atoms with Crippen molar-refractivity contribution in [2.75, 3.05) is 0 Å². The second-order valence-corrected chi connectivity index (χ2v) is 15.1. The van der Waals surface area contributed by atoms with Crippen molar-refractivity contribution >= 4 is 54.4 Å². The maximum Gasteiger partial charge on any atom is 0.0979 e. The molecule has 0 bridgehead atoms. The number of hydrogen-bond acceptors (Lipinski definition) is 2. The molecule has 0 fully saturated rings. The lowest BCUT2D eigenvalue weighted by Gasteiger charge is -2.15. The molecule has 11 aromatic rings. The first-order chi connectivity index (χ1) is 28.1. The molecule has 0 aliphatic rings. The zero-order valence-electron chi connectivity index (χ0n) is 31.7. The van der Waals surface area contributed by atoms with E-state index >= 15 is 0 Å². The smallest absolute Gasteiger partial charge is 0.0979 e. The van der Waals surface area contributed by atoms with Gasteiger partial charge >= 0.3 is 0 Å². The first-order valence-electron chi connectivity index (χ1n) is 19.6. The van der Waals surface area contributed by atoms with Gasteiger partial charge in [0.05, 0.1) is 34.0 Å². The number of aryl methyl sites for hydroxylation is 2. The largest absolute Gasteiger partial charge is 0.309 e.